The fourth-order valence-electron chi connectivity index (χ4n) is 4.54. The van der Waals surface area contributed by atoms with Crippen molar-refractivity contribution in [3.05, 3.63) is 88.7 Å². The van der Waals surface area contributed by atoms with Crippen LogP contribution in [0, 0.1) is 6.92 Å². The first-order valence-electron chi connectivity index (χ1n) is 12.0. The van der Waals surface area contributed by atoms with Gasteiger partial charge in [-0.05, 0) is 61.9 Å². The topological polar surface area (TPSA) is 67.2 Å². The number of piperidine rings is 1. The van der Waals surface area contributed by atoms with Crippen molar-refractivity contribution in [2.45, 2.75) is 51.4 Å². The van der Waals surface area contributed by atoms with Crippen LogP contribution < -0.4 is 5.32 Å². The molecule has 6 nitrogen and oxygen atoms in total. The summed E-state index contributed by atoms with van der Waals surface area (Å²) in [4.78, 5) is 27.2. The predicted molar refractivity (Wildman–Crippen MR) is 129 cm³/mol. The van der Waals surface area contributed by atoms with Gasteiger partial charge in [-0.15, -0.1) is 0 Å². The number of benzene rings is 2. The second kappa shape index (κ2) is 10.6. The Kier molecular flexibility index (Phi) is 7.47. The maximum atomic E-state index is 12.9. The summed E-state index contributed by atoms with van der Waals surface area (Å²) in [7, 11) is 0. The van der Waals surface area contributed by atoms with Crippen LogP contribution in [-0.2, 0) is 17.5 Å². The maximum absolute atomic E-state index is 12.9. The fraction of sp³-hybridized carbons (Fsp3) is 0.370. The van der Waals surface area contributed by atoms with Gasteiger partial charge in [0.05, 0.1) is 6.04 Å². The third-order valence-electron chi connectivity index (χ3n) is 6.67. The van der Waals surface area contributed by atoms with Crippen LogP contribution in [0.25, 0.3) is 0 Å². The summed E-state index contributed by atoms with van der Waals surface area (Å²) in [5, 5.41) is 6.58. The Balaban J connectivity index is 1.34. The molecule has 0 radical (unpaired) electrons. The summed E-state index contributed by atoms with van der Waals surface area (Å²) in [6.07, 6.45) is -3.12. The Bertz CT molecular complexity index is 1220. The standard InChI is InChI=1S/C27H29F3N4O2/c1-18-15-24(27(28,29)30)32-34(18)17-25(35)33-13-11-21(12-14-33)22-9-6-10-23(16-22)26(36)31-19(2)20-7-4-3-5-8-20/h3-10,15-16,19,21H,11-14,17H2,1-2H3,(H,31,36). The molecule has 1 aromatic heterocycles. The number of carbonyl (C=O) groups excluding carboxylic acids is 2. The zero-order chi connectivity index (χ0) is 25.9. The zero-order valence-electron chi connectivity index (χ0n) is 20.3. The van der Waals surface area contributed by atoms with E-state index in [1.54, 1.807) is 11.0 Å². The van der Waals surface area contributed by atoms with E-state index in [9.17, 15) is 22.8 Å². The number of aryl methyl sites for hydroxylation is 1. The molecule has 9 heteroatoms. The molecule has 2 aromatic carbocycles. The molecule has 0 aliphatic carbocycles. The number of amides is 2. The van der Waals surface area contributed by atoms with Crippen LogP contribution in [0.15, 0.2) is 60.7 Å². The van der Waals surface area contributed by atoms with Gasteiger partial charge in [0, 0.05) is 24.3 Å². The lowest BCUT2D eigenvalue weighted by molar-refractivity contribution is -0.142. The van der Waals surface area contributed by atoms with Gasteiger partial charge in [-0.2, -0.15) is 18.3 Å². The summed E-state index contributed by atoms with van der Waals surface area (Å²) >= 11 is 0. The second-order valence-electron chi connectivity index (χ2n) is 9.21. The molecule has 1 aliphatic rings. The van der Waals surface area contributed by atoms with Crippen LogP contribution in [0.2, 0.25) is 0 Å². The number of carbonyl (C=O) groups is 2. The molecule has 1 aliphatic heterocycles. The van der Waals surface area contributed by atoms with Crippen molar-refractivity contribution in [2.24, 2.45) is 0 Å². The van der Waals surface area contributed by atoms with Crippen molar-refractivity contribution < 1.29 is 22.8 Å². The Morgan fingerprint density at radius 3 is 2.39 bits per heavy atom. The maximum Gasteiger partial charge on any atom is 0.435 e. The third kappa shape index (κ3) is 5.95. The van der Waals surface area contributed by atoms with Gasteiger partial charge in [-0.1, -0.05) is 42.5 Å². The number of likely N-dealkylation sites (tertiary alicyclic amines) is 1. The summed E-state index contributed by atoms with van der Waals surface area (Å²) in [5.41, 5.74) is 1.96. The van der Waals surface area contributed by atoms with E-state index in [0.717, 1.165) is 21.9 Å². The van der Waals surface area contributed by atoms with Gasteiger partial charge in [-0.25, -0.2) is 0 Å². The first kappa shape index (κ1) is 25.5. The van der Waals surface area contributed by atoms with Crippen molar-refractivity contribution in [2.75, 3.05) is 13.1 Å². The van der Waals surface area contributed by atoms with Crippen LogP contribution in [0.5, 0.6) is 0 Å². The molecular weight excluding hydrogens is 469 g/mol. The number of hydrogen-bond acceptors (Lipinski definition) is 3. The van der Waals surface area contributed by atoms with E-state index < -0.39 is 11.9 Å². The smallest absolute Gasteiger partial charge is 0.346 e. The average molecular weight is 499 g/mol. The Morgan fingerprint density at radius 1 is 1.06 bits per heavy atom. The summed E-state index contributed by atoms with van der Waals surface area (Å²) in [6.45, 7) is 4.22. The van der Waals surface area contributed by atoms with E-state index >= 15 is 0 Å². The first-order chi connectivity index (χ1) is 17.1. The largest absolute Gasteiger partial charge is 0.435 e. The normalized spacial score (nSPS) is 15.5. The molecule has 0 spiro atoms. The van der Waals surface area contributed by atoms with Crippen molar-refractivity contribution >= 4 is 11.8 Å². The van der Waals surface area contributed by atoms with Crippen LogP contribution in [0.4, 0.5) is 13.2 Å². The highest BCUT2D eigenvalue weighted by Crippen LogP contribution is 2.30. The molecule has 3 aromatic rings. The van der Waals surface area contributed by atoms with Gasteiger partial charge in [0.2, 0.25) is 5.91 Å². The molecule has 0 saturated carbocycles. The molecule has 1 atom stereocenters. The van der Waals surface area contributed by atoms with Crippen LogP contribution in [-0.4, -0.2) is 39.6 Å². The molecule has 36 heavy (non-hydrogen) atoms. The molecule has 4 rings (SSSR count). The predicted octanol–water partition coefficient (Wildman–Crippen LogP) is 5.11. The second-order valence-corrected chi connectivity index (χ2v) is 9.21. The van der Waals surface area contributed by atoms with E-state index in [4.69, 9.17) is 0 Å². The Morgan fingerprint density at radius 2 is 1.75 bits per heavy atom. The van der Waals surface area contributed by atoms with E-state index in [2.05, 4.69) is 10.4 Å². The van der Waals surface area contributed by atoms with Gasteiger partial charge in [0.15, 0.2) is 5.69 Å². The minimum atomic E-state index is -4.54. The van der Waals surface area contributed by atoms with Crippen molar-refractivity contribution in [3.63, 3.8) is 0 Å². The number of nitrogens with zero attached hydrogens (tertiary/aromatic N) is 3. The van der Waals surface area contributed by atoms with Gasteiger partial charge >= 0.3 is 6.18 Å². The summed E-state index contributed by atoms with van der Waals surface area (Å²) in [6, 6.07) is 18.1. The molecular formula is C27H29F3N4O2. The zero-order valence-corrected chi connectivity index (χ0v) is 20.3. The van der Waals surface area contributed by atoms with E-state index in [1.165, 1.54) is 6.92 Å². The van der Waals surface area contributed by atoms with Crippen LogP contribution in [0.1, 0.15) is 64.6 Å². The Hall–Kier alpha value is -3.62. The van der Waals surface area contributed by atoms with Gasteiger partial charge in [0.1, 0.15) is 6.54 Å². The van der Waals surface area contributed by atoms with Crippen LogP contribution >= 0.6 is 0 Å². The minimum absolute atomic E-state index is 0.123. The van der Waals surface area contributed by atoms with Crippen molar-refractivity contribution in [3.8, 4) is 0 Å². The molecule has 0 bridgehead atoms. The summed E-state index contributed by atoms with van der Waals surface area (Å²) < 4.78 is 39.8. The Labute approximate surface area is 208 Å². The van der Waals surface area contributed by atoms with E-state index in [0.29, 0.717) is 37.2 Å². The third-order valence-corrected chi connectivity index (χ3v) is 6.67. The van der Waals surface area contributed by atoms with E-state index in [1.807, 2.05) is 55.5 Å². The number of halogens is 3. The highest BCUT2D eigenvalue weighted by atomic mass is 19.4. The molecule has 1 N–H and O–H groups in total. The lowest BCUT2D eigenvalue weighted by Gasteiger charge is -2.32. The van der Waals surface area contributed by atoms with Crippen molar-refractivity contribution in [1.82, 2.24) is 20.0 Å². The monoisotopic (exact) mass is 498 g/mol. The van der Waals surface area contributed by atoms with Gasteiger partial charge in [-0.3, -0.25) is 14.3 Å². The quantitative estimate of drug-likeness (QED) is 0.514. The number of aromatic nitrogens is 2. The number of rotatable bonds is 6. The SMILES string of the molecule is Cc1cc(C(F)(F)F)nn1CC(=O)N1CCC(c2cccc(C(=O)NC(C)c3ccccc3)c2)CC1. The van der Waals surface area contributed by atoms with Crippen LogP contribution in [0.3, 0.4) is 0 Å². The molecule has 1 fully saturated rings. The molecule has 2 amide bonds. The molecule has 1 saturated heterocycles. The van der Waals surface area contributed by atoms with E-state index in [-0.39, 0.29) is 30.3 Å². The highest BCUT2D eigenvalue weighted by Gasteiger charge is 2.35. The van der Waals surface area contributed by atoms with Gasteiger partial charge in [0.25, 0.3) is 5.91 Å². The lowest BCUT2D eigenvalue weighted by Crippen LogP contribution is -2.40. The minimum Gasteiger partial charge on any atom is -0.346 e. The number of hydrogen-bond donors (Lipinski definition) is 1. The van der Waals surface area contributed by atoms with Gasteiger partial charge < -0.3 is 10.2 Å². The fourth-order valence-corrected chi connectivity index (χ4v) is 4.54. The number of alkyl halides is 3. The molecule has 2 heterocycles. The summed E-state index contributed by atoms with van der Waals surface area (Å²) in [5.74, 6) is -0.207. The lowest BCUT2D eigenvalue weighted by atomic mass is 9.88. The first-order valence-corrected chi connectivity index (χ1v) is 12.0. The van der Waals surface area contributed by atoms with Crippen molar-refractivity contribution in [1.29, 1.82) is 0 Å². The molecule has 1 unspecified atom stereocenters. The average Bonchev–Trinajstić information content (AvgIpc) is 3.25. The molecule has 190 valence electrons. The number of nitrogens with one attached hydrogen (secondary N) is 1. The highest BCUT2D eigenvalue weighted by molar-refractivity contribution is 5.94.